The molecule has 1 aliphatic heterocycles. The molecule has 0 aromatic carbocycles. The van der Waals surface area contributed by atoms with Crippen LogP contribution in [0, 0.1) is 0 Å². The lowest BCUT2D eigenvalue weighted by Crippen LogP contribution is -2.29. The number of carboxylic acids is 1. The van der Waals surface area contributed by atoms with Crippen molar-refractivity contribution in [3.8, 4) is 0 Å². The maximum Gasteiger partial charge on any atom is 0.352 e. The normalized spacial score (nSPS) is 16.9. The van der Waals surface area contributed by atoms with Crippen LogP contribution in [0.1, 0.15) is 0 Å². The van der Waals surface area contributed by atoms with Gasteiger partial charge in [-0.25, -0.2) is 4.79 Å². The first-order chi connectivity index (χ1) is 4.70. The number of carboxylic acid groups (broad SMARTS) is 1. The van der Waals surface area contributed by atoms with Crippen LogP contribution in [-0.2, 0) is 4.79 Å². The van der Waals surface area contributed by atoms with Crippen LogP contribution in [0.15, 0.2) is 17.4 Å². The minimum atomic E-state index is -0.948. The number of aliphatic imine (C=N–C) groups is 1. The van der Waals surface area contributed by atoms with Crippen LogP contribution in [0.25, 0.3) is 0 Å². The van der Waals surface area contributed by atoms with E-state index in [2.05, 4.69) is 4.99 Å². The summed E-state index contributed by atoms with van der Waals surface area (Å²) in [7, 11) is 1.80. The van der Waals surface area contributed by atoms with E-state index in [0.717, 1.165) is 0 Å². The highest BCUT2D eigenvalue weighted by Crippen LogP contribution is 1.95. The molecule has 0 amide bonds. The van der Waals surface area contributed by atoms with Gasteiger partial charge in [0.1, 0.15) is 5.71 Å². The third kappa shape index (κ3) is 1.34. The average Bonchev–Trinajstić information content (AvgIpc) is 1.88. The van der Waals surface area contributed by atoms with E-state index in [4.69, 9.17) is 5.11 Å². The molecule has 10 heavy (non-hydrogen) atoms. The van der Waals surface area contributed by atoms with Crippen LogP contribution < -0.4 is 0 Å². The molecule has 1 N–H and O–H groups in total. The molecular weight excluding hydrogens is 132 g/mol. The molecule has 1 aliphatic rings. The van der Waals surface area contributed by atoms with Gasteiger partial charge in [-0.15, -0.1) is 0 Å². The van der Waals surface area contributed by atoms with Gasteiger partial charge >= 0.3 is 5.97 Å². The summed E-state index contributed by atoms with van der Waals surface area (Å²) < 4.78 is 0. The van der Waals surface area contributed by atoms with E-state index in [1.165, 1.54) is 6.20 Å². The predicted octanol–water partition coefficient (Wildman–Crippen LogP) is -0.0714. The molecule has 1 heterocycles. The van der Waals surface area contributed by atoms with Gasteiger partial charge in [-0.05, 0) is 0 Å². The molecule has 0 radical (unpaired) electrons. The quantitative estimate of drug-likeness (QED) is 0.554. The van der Waals surface area contributed by atoms with E-state index in [1.54, 1.807) is 18.1 Å². The zero-order valence-corrected chi connectivity index (χ0v) is 5.61. The highest BCUT2D eigenvalue weighted by atomic mass is 16.4. The second kappa shape index (κ2) is 2.51. The molecule has 0 unspecified atom stereocenters. The first kappa shape index (κ1) is 6.80. The number of hydrogen-bond donors (Lipinski definition) is 1. The third-order valence-electron chi connectivity index (χ3n) is 1.20. The van der Waals surface area contributed by atoms with Gasteiger partial charge in [0.25, 0.3) is 0 Å². The first-order valence-electron chi connectivity index (χ1n) is 2.87. The topological polar surface area (TPSA) is 52.9 Å². The van der Waals surface area contributed by atoms with Gasteiger partial charge in [-0.1, -0.05) is 0 Å². The van der Waals surface area contributed by atoms with Crippen LogP contribution in [-0.4, -0.2) is 35.3 Å². The first-order valence-corrected chi connectivity index (χ1v) is 2.87. The smallest absolute Gasteiger partial charge is 0.352 e. The Morgan fingerprint density at radius 2 is 2.60 bits per heavy atom. The standard InChI is InChI=1S/C6H8N2O2/c1-8-3-2-7-5(4-8)6(9)10/h2-3H,4H2,1H3,(H,9,10). The molecule has 0 aliphatic carbocycles. The van der Waals surface area contributed by atoms with Gasteiger partial charge in [0.2, 0.25) is 0 Å². The van der Waals surface area contributed by atoms with E-state index in [1.807, 2.05) is 0 Å². The maximum absolute atomic E-state index is 10.3. The number of hydrogen-bond acceptors (Lipinski definition) is 3. The van der Waals surface area contributed by atoms with Crippen molar-refractivity contribution in [1.82, 2.24) is 4.90 Å². The molecule has 4 heteroatoms. The van der Waals surface area contributed by atoms with Gasteiger partial charge in [0.05, 0.1) is 6.54 Å². The Bertz CT molecular complexity index is 208. The van der Waals surface area contributed by atoms with Crippen LogP contribution in [0.2, 0.25) is 0 Å². The van der Waals surface area contributed by atoms with E-state index in [9.17, 15) is 4.79 Å². The Morgan fingerprint density at radius 1 is 1.90 bits per heavy atom. The minimum Gasteiger partial charge on any atom is -0.477 e. The second-order valence-corrected chi connectivity index (χ2v) is 2.09. The molecule has 0 atom stereocenters. The monoisotopic (exact) mass is 140 g/mol. The molecule has 0 bridgehead atoms. The lowest BCUT2D eigenvalue weighted by Gasteiger charge is -2.15. The fraction of sp³-hybridized carbons (Fsp3) is 0.333. The van der Waals surface area contributed by atoms with Gasteiger partial charge in [0, 0.05) is 19.4 Å². The van der Waals surface area contributed by atoms with Crippen molar-refractivity contribution < 1.29 is 9.90 Å². The van der Waals surface area contributed by atoms with Crippen molar-refractivity contribution in [2.75, 3.05) is 13.6 Å². The lowest BCUT2D eigenvalue weighted by molar-refractivity contribution is -0.129. The third-order valence-corrected chi connectivity index (χ3v) is 1.20. The highest BCUT2D eigenvalue weighted by molar-refractivity contribution is 6.36. The Hall–Kier alpha value is -1.32. The van der Waals surface area contributed by atoms with E-state index in [-0.39, 0.29) is 5.71 Å². The average molecular weight is 140 g/mol. The molecule has 54 valence electrons. The molecule has 0 fully saturated rings. The van der Waals surface area contributed by atoms with Crippen LogP contribution in [0.4, 0.5) is 0 Å². The molecule has 0 aromatic rings. The summed E-state index contributed by atoms with van der Waals surface area (Å²) in [5, 5.41) is 8.46. The van der Waals surface area contributed by atoms with Crippen molar-refractivity contribution in [2.45, 2.75) is 0 Å². The summed E-state index contributed by atoms with van der Waals surface area (Å²) in [5.41, 5.74) is 0.185. The lowest BCUT2D eigenvalue weighted by atomic mass is 10.3. The van der Waals surface area contributed by atoms with Crippen LogP contribution in [0.3, 0.4) is 0 Å². The van der Waals surface area contributed by atoms with E-state index >= 15 is 0 Å². The van der Waals surface area contributed by atoms with Crippen LogP contribution >= 0.6 is 0 Å². The molecule has 0 saturated heterocycles. The number of rotatable bonds is 1. The molecule has 0 aromatic heterocycles. The highest BCUT2D eigenvalue weighted by Gasteiger charge is 2.11. The molecular formula is C6H8N2O2. The number of carbonyl (C=O) groups is 1. The summed E-state index contributed by atoms with van der Waals surface area (Å²) >= 11 is 0. The fourth-order valence-corrected chi connectivity index (χ4v) is 0.690. The van der Waals surface area contributed by atoms with E-state index < -0.39 is 5.97 Å². The fourth-order valence-electron chi connectivity index (χ4n) is 0.690. The van der Waals surface area contributed by atoms with Gasteiger partial charge < -0.3 is 10.0 Å². The summed E-state index contributed by atoms with van der Waals surface area (Å²) in [6.07, 6.45) is 3.21. The Labute approximate surface area is 58.5 Å². The summed E-state index contributed by atoms with van der Waals surface area (Å²) in [6, 6.07) is 0. The molecule has 0 saturated carbocycles. The van der Waals surface area contributed by atoms with Gasteiger partial charge in [-0.2, -0.15) is 0 Å². The Morgan fingerprint density at radius 3 is 3.00 bits per heavy atom. The number of nitrogens with zero attached hydrogens (tertiary/aromatic N) is 2. The van der Waals surface area contributed by atoms with E-state index in [0.29, 0.717) is 6.54 Å². The molecule has 1 rings (SSSR count). The Balaban J connectivity index is 2.71. The zero-order chi connectivity index (χ0) is 7.56. The van der Waals surface area contributed by atoms with Gasteiger partial charge in [-0.3, -0.25) is 4.99 Å². The van der Waals surface area contributed by atoms with Crippen molar-refractivity contribution >= 4 is 11.7 Å². The Kier molecular flexibility index (Phi) is 1.71. The van der Waals surface area contributed by atoms with Crippen molar-refractivity contribution in [3.63, 3.8) is 0 Å². The summed E-state index contributed by atoms with van der Waals surface area (Å²) in [4.78, 5) is 15.7. The summed E-state index contributed by atoms with van der Waals surface area (Å²) in [5.74, 6) is -0.948. The second-order valence-electron chi connectivity index (χ2n) is 2.09. The minimum absolute atomic E-state index is 0.185. The summed E-state index contributed by atoms with van der Waals surface area (Å²) in [6.45, 7) is 0.381. The largest absolute Gasteiger partial charge is 0.477 e. The molecule has 0 spiro atoms. The van der Waals surface area contributed by atoms with Crippen molar-refractivity contribution in [3.05, 3.63) is 12.4 Å². The van der Waals surface area contributed by atoms with Crippen LogP contribution in [0.5, 0.6) is 0 Å². The number of aliphatic carboxylic acids is 1. The van der Waals surface area contributed by atoms with Gasteiger partial charge in [0.15, 0.2) is 0 Å². The maximum atomic E-state index is 10.3. The SMILES string of the molecule is CN1C=CN=C(C(=O)O)C1. The van der Waals surface area contributed by atoms with Crippen molar-refractivity contribution in [1.29, 1.82) is 0 Å². The predicted molar refractivity (Wildman–Crippen MR) is 36.8 cm³/mol. The van der Waals surface area contributed by atoms with Crippen molar-refractivity contribution in [2.24, 2.45) is 4.99 Å². The molecule has 4 nitrogen and oxygen atoms in total. The zero-order valence-electron chi connectivity index (χ0n) is 5.61.